The maximum atomic E-state index is 4.77. The fraction of sp³-hybridized carbons (Fsp3) is 0.750. The number of nitrogens with one attached hydrogen (secondary N) is 2. The van der Waals surface area contributed by atoms with Crippen molar-refractivity contribution in [3.63, 3.8) is 0 Å². The van der Waals surface area contributed by atoms with Crippen LogP contribution in [-0.4, -0.2) is 23.1 Å². The zero-order chi connectivity index (χ0) is 13.9. The van der Waals surface area contributed by atoms with Gasteiger partial charge in [-0.15, -0.1) is 0 Å². The van der Waals surface area contributed by atoms with Crippen LogP contribution in [0.3, 0.4) is 0 Å². The van der Waals surface area contributed by atoms with Gasteiger partial charge in [-0.1, -0.05) is 13.3 Å². The molecule has 20 heavy (non-hydrogen) atoms. The van der Waals surface area contributed by atoms with E-state index in [1.807, 2.05) is 0 Å². The van der Waals surface area contributed by atoms with Crippen molar-refractivity contribution in [3.8, 4) is 0 Å². The third-order valence-corrected chi connectivity index (χ3v) is 4.43. The highest BCUT2D eigenvalue weighted by Crippen LogP contribution is 2.39. The van der Waals surface area contributed by atoms with Gasteiger partial charge in [0.05, 0.1) is 0 Å². The van der Waals surface area contributed by atoms with Crippen molar-refractivity contribution in [3.05, 3.63) is 11.4 Å². The molecule has 2 aliphatic carbocycles. The summed E-state index contributed by atoms with van der Waals surface area (Å²) in [6.07, 6.45) is 7.75. The van der Waals surface area contributed by atoms with E-state index in [9.17, 15) is 0 Å². The van der Waals surface area contributed by atoms with Crippen molar-refractivity contribution in [1.29, 1.82) is 0 Å². The Morgan fingerprint density at radius 3 is 2.30 bits per heavy atom. The molecule has 1 heterocycles. The van der Waals surface area contributed by atoms with Crippen LogP contribution in [0.1, 0.15) is 62.8 Å². The third kappa shape index (κ3) is 3.05. The predicted octanol–water partition coefficient (Wildman–Crippen LogP) is 3.70. The van der Waals surface area contributed by atoms with Crippen LogP contribution >= 0.6 is 0 Å². The molecule has 4 nitrogen and oxygen atoms in total. The predicted molar refractivity (Wildman–Crippen MR) is 83.4 cm³/mol. The molecule has 0 saturated heterocycles. The standard InChI is InChI=1S/C16H26N4/c1-3-9-17-14-11(2)15(18-10-12-5-4-6-12)20-16(19-14)13-7-8-13/h12-13H,3-10H2,1-2H3,(H2,17,18,19,20). The third-order valence-electron chi connectivity index (χ3n) is 4.43. The fourth-order valence-electron chi connectivity index (χ4n) is 2.58. The molecule has 0 aromatic carbocycles. The highest BCUT2D eigenvalue weighted by Gasteiger charge is 2.28. The van der Waals surface area contributed by atoms with E-state index in [1.54, 1.807) is 0 Å². The first-order valence-electron chi connectivity index (χ1n) is 8.14. The molecule has 3 rings (SSSR count). The van der Waals surface area contributed by atoms with Gasteiger partial charge in [0.1, 0.15) is 17.5 Å². The average Bonchev–Trinajstić information content (AvgIpc) is 3.21. The maximum Gasteiger partial charge on any atom is 0.136 e. The summed E-state index contributed by atoms with van der Waals surface area (Å²) in [5, 5.41) is 7.01. The average molecular weight is 274 g/mol. The van der Waals surface area contributed by atoms with Crippen LogP contribution in [-0.2, 0) is 0 Å². The van der Waals surface area contributed by atoms with Crippen LogP contribution in [0.25, 0.3) is 0 Å². The first-order chi connectivity index (χ1) is 9.78. The van der Waals surface area contributed by atoms with Crippen LogP contribution in [0.4, 0.5) is 11.6 Å². The lowest BCUT2D eigenvalue weighted by molar-refractivity contribution is 0.333. The van der Waals surface area contributed by atoms with E-state index in [0.717, 1.165) is 42.9 Å². The monoisotopic (exact) mass is 274 g/mol. The summed E-state index contributed by atoms with van der Waals surface area (Å²) in [5.74, 6) is 4.56. The number of rotatable bonds is 7. The van der Waals surface area contributed by atoms with Gasteiger partial charge in [0.2, 0.25) is 0 Å². The van der Waals surface area contributed by atoms with E-state index in [0.29, 0.717) is 5.92 Å². The van der Waals surface area contributed by atoms with Crippen molar-refractivity contribution < 1.29 is 0 Å². The molecule has 2 saturated carbocycles. The SMILES string of the molecule is CCCNc1nc(C2CC2)nc(NCC2CCC2)c1C. The van der Waals surface area contributed by atoms with E-state index in [-0.39, 0.29) is 0 Å². The Labute approximate surface area is 121 Å². The van der Waals surface area contributed by atoms with Crippen LogP contribution in [0.15, 0.2) is 0 Å². The molecule has 1 aromatic rings. The zero-order valence-electron chi connectivity index (χ0n) is 12.7. The normalized spacial score (nSPS) is 18.7. The summed E-state index contributed by atoms with van der Waals surface area (Å²) in [5.41, 5.74) is 1.17. The van der Waals surface area contributed by atoms with Gasteiger partial charge in [0.15, 0.2) is 0 Å². The minimum Gasteiger partial charge on any atom is -0.370 e. The van der Waals surface area contributed by atoms with E-state index in [2.05, 4.69) is 24.5 Å². The number of hydrogen-bond donors (Lipinski definition) is 2. The highest BCUT2D eigenvalue weighted by molar-refractivity contribution is 5.57. The summed E-state index contributed by atoms with van der Waals surface area (Å²) in [6.45, 7) is 6.35. The van der Waals surface area contributed by atoms with Crippen LogP contribution in [0.5, 0.6) is 0 Å². The van der Waals surface area contributed by atoms with E-state index in [1.165, 1.54) is 37.7 Å². The lowest BCUT2D eigenvalue weighted by Crippen LogP contribution is -2.22. The molecule has 2 aliphatic rings. The van der Waals surface area contributed by atoms with Crippen LogP contribution in [0.2, 0.25) is 0 Å². The van der Waals surface area contributed by atoms with Crippen molar-refractivity contribution in [1.82, 2.24) is 9.97 Å². The Hall–Kier alpha value is -1.32. The molecule has 0 spiro atoms. The topological polar surface area (TPSA) is 49.8 Å². The summed E-state index contributed by atoms with van der Waals surface area (Å²) in [6, 6.07) is 0. The molecule has 110 valence electrons. The van der Waals surface area contributed by atoms with Gasteiger partial charge in [-0.05, 0) is 44.9 Å². The molecule has 1 aromatic heterocycles. The lowest BCUT2D eigenvalue weighted by atomic mass is 9.85. The van der Waals surface area contributed by atoms with Gasteiger partial charge in [0.25, 0.3) is 0 Å². The molecule has 0 bridgehead atoms. The summed E-state index contributed by atoms with van der Waals surface area (Å²) >= 11 is 0. The molecule has 0 aliphatic heterocycles. The molecule has 4 heteroatoms. The van der Waals surface area contributed by atoms with Gasteiger partial charge in [-0.3, -0.25) is 0 Å². The molecule has 2 fully saturated rings. The van der Waals surface area contributed by atoms with E-state index in [4.69, 9.17) is 9.97 Å². The molecule has 0 atom stereocenters. The minimum absolute atomic E-state index is 0.599. The second-order valence-electron chi connectivity index (χ2n) is 6.28. The Bertz CT molecular complexity index is 464. The molecular weight excluding hydrogens is 248 g/mol. The van der Waals surface area contributed by atoms with Crippen LogP contribution in [0, 0.1) is 12.8 Å². The Morgan fingerprint density at radius 1 is 1.05 bits per heavy atom. The van der Waals surface area contributed by atoms with E-state index < -0.39 is 0 Å². The van der Waals surface area contributed by atoms with Crippen molar-refractivity contribution in [2.45, 2.75) is 58.3 Å². The zero-order valence-corrected chi connectivity index (χ0v) is 12.7. The second-order valence-corrected chi connectivity index (χ2v) is 6.28. The first-order valence-corrected chi connectivity index (χ1v) is 8.14. The maximum absolute atomic E-state index is 4.77. The molecule has 2 N–H and O–H groups in total. The first kappa shape index (κ1) is 13.7. The fourth-order valence-corrected chi connectivity index (χ4v) is 2.58. The van der Waals surface area contributed by atoms with Gasteiger partial charge in [0, 0.05) is 24.6 Å². The van der Waals surface area contributed by atoms with Crippen molar-refractivity contribution >= 4 is 11.6 Å². The molecule has 0 amide bonds. The Morgan fingerprint density at radius 2 is 1.75 bits per heavy atom. The molecule has 0 unspecified atom stereocenters. The number of nitrogens with zero attached hydrogens (tertiary/aromatic N) is 2. The van der Waals surface area contributed by atoms with Gasteiger partial charge in [-0.25, -0.2) is 9.97 Å². The lowest BCUT2D eigenvalue weighted by Gasteiger charge is -2.26. The molecular formula is C16H26N4. The molecule has 0 radical (unpaired) electrons. The number of anilines is 2. The van der Waals surface area contributed by atoms with Gasteiger partial charge in [-0.2, -0.15) is 0 Å². The second kappa shape index (κ2) is 5.98. The van der Waals surface area contributed by atoms with Crippen molar-refractivity contribution in [2.24, 2.45) is 5.92 Å². The number of aromatic nitrogens is 2. The quantitative estimate of drug-likeness (QED) is 0.796. The number of hydrogen-bond acceptors (Lipinski definition) is 4. The Balaban J connectivity index is 1.75. The summed E-state index contributed by atoms with van der Waals surface area (Å²) < 4.78 is 0. The van der Waals surface area contributed by atoms with E-state index >= 15 is 0 Å². The largest absolute Gasteiger partial charge is 0.370 e. The van der Waals surface area contributed by atoms with Gasteiger partial charge < -0.3 is 10.6 Å². The Kier molecular flexibility index (Phi) is 4.08. The van der Waals surface area contributed by atoms with Crippen molar-refractivity contribution in [2.75, 3.05) is 23.7 Å². The smallest absolute Gasteiger partial charge is 0.136 e. The summed E-state index contributed by atoms with van der Waals surface area (Å²) in [7, 11) is 0. The highest BCUT2D eigenvalue weighted by atomic mass is 15.1. The minimum atomic E-state index is 0.599. The summed E-state index contributed by atoms with van der Waals surface area (Å²) in [4.78, 5) is 9.50. The van der Waals surface area contributed by atoms with Crippen LogP contribution < -0.4 is 10.6 Å². The van der Waals surface area contributed by atoms with Gasteiger partial charge >= 0.3 is 0 Å².